The van der Waals surface area contributed by atoms with Gasteiger partial charge in [0.1, 0.15) is 0 Å². The molecule has 2 aromatic rings. The Labute approximate surface area is 145 Å². The van der Waals surface area contributed by atoms with Crippen LogP contribution >= 0.6 is 11.6 Å². The fourth-order valence-electron chi connectivity index (χ4n) is 2.31. The standard InChI is InChI=1S/C17H20ClN3O3/c1-12-11-21(14-8-5-4-7-13(14)18)20-16(12)17(24)19-10-6-2-3-9-15(22)23/h4-5,7-8,11H,2-3,6,9-10H2,1H3,(H,19,24)(H,22,23). The number of aromatic nitrogens is 2. The number of benzene rings is 1. The molecule has 0 radical (unpaired) electrons. The first-order chi connectivity index (χ1) is 11.5. The Morgan fingerprint density at radius 2 is 2.00 bits per heavy atom. The van der Waals surface area contributed by atoms with Crippen LogP contribution in [-0.4, -0.2) is 33.3 Å². The molecule has 1 heterocycles. The fourth-order valence-corrected chi connectivity index (χ4v) is 2.53. The summed E-state index contributed by atoms with van der Waals surface area (Å²) in [5.41, 5.74) is 1.84. The number of hydrogen-bond acceptors (Lipinski definition) is 3. The van der Waals surface area contributed by atoms with Crippen LogP contribution < -0.4 is 5.32 Å². The van der Waals surface area contributed by atoms with E-state index < -0.39 is 5.97 Å². The van der Waals surface area contributed by atoms with Crippen LogP contribution in [0.2, 0.25) is 5.02 Å². The minimum Gasteiger partial charge on any atom is -0.481 e. The zero-order chi connectivity index (χ0) is 17.5. The van der Waals surface area contributed by atoms with Crippen LogP contribution in [-0.2, 0) is 4.79 Å². The van der Waals surface area contributed by atoms with Gasteiger partial charge in [0.25, 0.3) is 5.91 Å². The number of para-hydroxylation sites is 1. The number of halogens is 1. The van der Waals surface area contributed by atoms with Gasteiger partial charge in [-0.25, -0.2) is 4.68 Å². The number of amides is 1. The van der Waals surface area contributed by atoms with E-state index in [2.05, 4.69) is 10.4 Å². The van der Waals surface area contributed by atoms with Gasteiger partial charge in [-0.2, -0.15) is 5.10 Å². The van der Waals surface area contributed by atoms with Crippen molar-refractivity contribution in [3.63, 3.8) is 0 Å². The summed E-state index contributed by atoms with van der Waals surface area (Å²) in [6.07, 6.45) is 4.05. The molecule has 6 nitrogen and oxygen atoms in total. The summed E-state index contributed by atoms with van der Waals surface area (Å²) in [6, 6.07) is 7.29. The van der Waals surface area contributed by atoms with E-state index in [0.717, 1.165) is 24.1 Å². The summed E-state index contributed by atoms with van der Waals surface area (Å²) in [6.45, 7) is 2.32. The molecule has 1 aromatic carbocycles. The van der Waals surface area contributed by atoms with Gasteiger partial charge in [-0.05, 0) is 31.9 Å². The van der Waals surface area contributed by atoms with Crippen LogP contribution in [0, 0.1) is 6.92 Å². The van der Waals surface area contributed by atoms with Gasteiger partial charge >= 0.3 is 5.97 Å². The van der Waals surface area contributed by atoms with Gasteiger partial charge in [0, 0.05) is 24.7 Å². The Hall–Kier alpha value is -2.34. The second kappa shape index (κ2) is 8.49. The zero-order valence-electron chi connectivity index (χ0n) is 13.5. The van der Waals surface area contributed by atoms with Crippen LogP contribution in [0.4, 0.5) is 0 Å². The van der Waals surface area contributed by atoms with Gasteiger partial charge in [0.15, 0.2) is 5.69 Å². The van der Waals surface area contributed by atoms with E-state index in [9.17, 15) is 9.59 Å². The van der Waals surface area contributed by atoms with Crippen molar-refractivity contribution in [3.8, 4) is 5.69 Å². The van der Waals surface area contributed by atoms with E-state index in [1.807, 2.05) is 25.1 Å². The average Bonchev–Trinajstić information content (AvgIpc) is 2.92. The molecule has 0 unspecified atom stereocenters. The Bertz CT molecular complexity index is 728. The SMILES string of the molecule is Cc1cn(-c2ccccc2Cl)nc1C(=O)NCCCCCC(=O)O. The molecule has 2 N–H and O–H groups in total. The first kappa shape index (κ1) is 18.0. The largest absolute Gasteiger partial charge is 0.481 e. The third-order valence-electron chi connectivity index (χ3n) is 3.56. The van der Waals surface area contributed by atoms with E-state index in [1.165, 1.54) is 0 Å². The van der Waals surface area contributed by atoms with Gasteiger partial charge < -0.3 is 10.4 Å². The van der Waals surface area contributed by atoms with Crippen LogP contribution in [0.15, 0.2) is 30.5 Å². The van der Waals surface area contributed by atoms with Crippen molar-refractivity contribution in [2.24, 2.45) is 0 Å². The van der Waals surface area contributed by atoms with E-state index in [1.54, 1.807) is 16.9 Å². The van der Waals surface area contributed by atoms with Gasteiger partial charge in [-0.1, -0.05) is 30.2 Å². The molecule has 0 saturated heterocycles. The molecule has 0 spiro atoms. The highest BCUT2D eigenvalue weighted by Crippen LogP contribution is 2.20. The van der Waals surface area contributed by atoms with Crippen LogP contribution in [0.1, 0.15) is 41.7 Å². The van der Waals surface area contributed by atoms with Gasteiger partial charge in [0.2, 0.25) is 0 Å². The quantitative estimate of drug-likeness (QED) is 0.717. The molecule has 0 aliphatic rings. The lowest BCUT2D eigenvalue weighted by Crippen LogP contribution is -2.25. The molecule has 128 valence electrons. The van der Waals surface area contributed by atoms with Gasteiger partial charge in [-0.3, -0.25) is 9.59 Å². The highest BCUT2D eigenvalue weighted by molar-refractivity contribution is 6.32. The number of hydrogen-bond donors (Lipinski definition) is 2. The van der Waals surface area contributed by atoms with Crippen molar-refractivity contribution in [1.29, 1.82) is 0 Å². The lowest BCUT2D eigenvalue weighted by molar-refractivity contribution is -0.137. The lowest BCUT2D eigenvalue weighted by atomic mass is 10.2. The second-order valence-corrected chi connectivity index (χ2v) is 5.92. The molecule has 0 aliphatic heterocycles. The summed E-state index contributed by atoms with van der Waals surface area (Å²) < 4.78 is 1.60. The highest BCUT2D eigenvalue weighted by atomic mass is 35.5. The van der Waals surface area contributed by atoms with Crippen LogP contribution in [0.25, 0.3) is 5.69 Å². The van der Waals surface area contributed by atoms with Crippen LogP contribution in [0.3, 0.4) is 0 Å². The highest BCUT2D eigenvalue weighted by Gasteiger charge is 2.15. The third-order valence-corrected chi connectivity index (χ3v) is 3.88. The van der Waals surface area contributed by atoms with Crippen molar-refractivity contribution >= 4 is 23.5 Å². The summed E-state index contributed by atoms with van der Waals surface area (Å²) in [5, 5.41) is 16.3. The summed E-state index contributed by atoms with van der Waals surface area (Å²) in [7, 11) is 0. The molecule has 1 amide bonds. The monoisotopic (exact) mass is 349 g/mol. The molecular formula is C17H20ClN3O3. The molecule has 0 bridgehead atoms. The second-order valence-electron chi connectivity index (χ2n) is 5.52. The van der Waals surface area contributed by atoms with Gasteiger partial charge in [0.05, 0.1) is 10.7 Å². The number of carboxylic acids is 1. The Kier molecular flexibility index (Phi) is 6.37. The minimum absolute atomic E-state index is 0.162. The van der Waals surface area contributed by atoms with E-state index in [-0.39, 0.29) is 12.3 Å². The number of carboxylic acid groups (broad SMARTS) is 1. The third kappa shape index (κ3) is 4.83. The van der Waals surface area contributed by atoms with Crippen molar-refractivity contribution in [3.05, 3.63) is 46.7 Å². The average molecular weight is 350 g/mol. The number of aliphatic carboxylic acids is 1. The maximum Gasteiger partial charge on any atom is 0.303 e. The van der Waals surface area contributed by atoms with Crippen molar-refractivity contribution in [2.45, 2.75) is 32.6 Å². The summed E-state index contributed by atoms with van der Waals surface area (Å²) in [4.78, 5) is 22.6. The maximum absolute atomic E-state index is 12.2. The number of unbranched alkanes of at least 4 members (excludes halogenated alkanes) is 2. The fraction of sp³-hybridized carbons (Fsp3) is 0.353. The Morgan fingerprint density at radius 3 is 2.71 bits per heavy atom. The molecule has 0 saturated carbocycles. The number of carbonyl (C=O) groups is 2. The van der Waals surface area contributed by atoms with Gasteiger partial charge in [-0.15, -0.1) is 0 Å². The molecule has 7 heteroatoms. The number of nitrogens with zero attached hydrogens (tertiary/aromatic N) is 2. The predicted molar refractivity (Wildman–Crippen MR) is 91.7 cm³/mol. The minimum atomic E-state index is -0.792. The van der Waals surface area contributed by atoms with Crippen molar-refractivity contribution in [2.75, 3.05) is 6.54 Å². The Morgan fingerprint density at radius 1 is 1.25 bits per heavy atom. The molecule has 0 aliphatic carbocycles. The van der Waals surface area contributed by atoms with Crippen molar-refractivity contribution < 1.29 is 14.7 Å². The zero-order valence-corrected chi connectivity index (χ0v) is 14.2. The number of rotatable bonds is 8. The van der Waals surface area contributed by atoms with E-state index >= 15 is 0 Å². The molecular weight excluding hydrogens is 330 g/mol. The molecule has 1 aromatic heterocycles. The first-order valence-corrected chi connectivity index (χ1v) is 8.18. The topological polar surface area (TPSA) is 84.2 Å². The predicted octanol–water partition coefficient (Wildman–Crippen LogP) is 3.21. The number of carbonyl (C=O) groups excluding carboxylic acids is 1. The lowest BCUT2D eigenvalue weighted by Gasteiger charge is -2.04. The number of aryl methyl sites for hydroxylation is 1. The Balaban J connectivity index is 1.91. The molecule has 0 fully saturated rings. The first-order valence-electron chi connectivity index (χ1n) is 7.80. The summed E-state index contributed by atoms with van der Waals surface area (Å²) >= 11 is 6.15. The maximum atomic E-state index is 12.2. The van der Waals surface area contributed by atoms with Crippen LogP contribution in [0.5, 0.6) is 0 Å². The smallest absolute Gasteiger partial charge is 0.303 e. The number of nitrogens with one attached hydrogen (secondary N) is 1. The molecule has 0 atom stereocenters. The molecule has 2 rings (SSSR count). The molecule has 24 heavy (non-hydrogen) atoms. The summed E-state index contributed by atoms with van der Waals surface area (Å²) in [5.74, 6) is -1.03. The normalized spacial score (nSPS) is 10.6. The van der Waals surface area contributed by atoms with Crippen molar-refractivity contribution in [1.82, 2.24) is 15.1 Å². The van der Waals surface area contributed by atoms with E-state index in [0.29, 0.717) is 23.7 Å². The van der Waals surface area contributed by atoms with E-state index in [4.69, 9.17) is 16.7 Å².